The molecule has 2 aliphatic carbocycles. The van der Waals surface area contributed by atoms with Gasteiger partial charge in [0.15, 0.2) is 0 Å². The Labute approximate surface area is 127 Å². The topological polar surface area (TPSA) is 127 Å². The lowest BCUT2D eigenvalue weighted by Gasteiger charge is -2.23. The van der Waals surface area contributed by atoms with Crippen LogP contribution in [0.1, 0.15) is 13.3 Å². The average Bonchev–Trinajstić information content (AvgIpc) is 2.60. The summed E-state index contributed by atoms with van der Waals surface area (Å²) in [5.74, 6) is -2.29. The average molecular weight is 300 g/mol. The number of aliphatic hydroxyl groups excluding tert-OH is 2. The van der Waals surface area contributed by atoms with Gasteiger partial charge in [0, 0.05) is 11.4 Å². The highest BCUT2D eigenvalue weighted by atomic mass is 16.3. The van der Waals surface area contributed by atoms with Gasteiger partial charge in [-0.2, -0.15) is 0 Å². The number of carbonyl (C=O) groups excluding carboxylic acids is 2. The summed E-state index contributed by atoms with van der Waals surface area (Å²) in [5, 5.41) is 19.8. The Hall–Kier alpha value is -3.02. The fourth-order valence-electron chi connectivity index (χ4n) is 2.42. The lowest BCUT2D eigenvalue weighted by molar-refractivity contribution is -0.116. The molecule has 2 rings (SSSR count). The highest BCUT2D eigenvalue weighted by molar-refractivity contribution is 6.30. The Morgan fingerprint density at radius 1 is 1.23 bits per heavy atom. The molecular formula is C16H16N2O4. The van der Waals surface area contributed by atoms with E-state index in [1.807, 2.05) is 0 Å². The normalized spacial score (nSPS) is 19.6. The zero-order valence-electron chi connectivity index (χ0n) is 12.0. The van der Waals surface area contributed by atoms with Gasteiger partial charge >= 0.3 is 0 Å². The Morgan fingerprint density at radius 2 is 1.82 bits per heavy atom. The molecule has 0 unspecified atom stereocenters. The fourth-order valence-corrected chi connectivity index (χ4v) is 2.42. The van der Waals surface area contributed by atoms with Gasteiger partial charge < -0.3 is 21.7 Å². The second kappa shape index (κ2) is 5.40. The number of hydrogen-bond acceptors (Lipinski definition) is 6. The van der Waals surface area contributed by atoms with Crippen LogP contribution in [0, 0.1) is 0 Å². The third kappa shape index (κ3) is 2.14. The molecule has 0 heterocycles. The van der Waals surface area contributed by atoms with E-state index in [1.54, 1.807) is 6.92 Å². The van der Waals surface area contributed by atoms with E-state index in [0.29, 0.717) is 0 Å². The van der Waals surface area contributed by atoms with Crippen molar-refractivity contribution in [2.24, 2.45) is 11.5 Å². The zero-order valence-corrected chi connectivity index (χ0v) is 12.0. The molecule has 2 aliphatic rings. The van der Waals surface area contributed by atoms with Crippen molar-refractivity contribution in [3.8, 4) is 0 Å². The molecule has 0 fully saturated rings. The van der Waals surface area contributed by atoms with Crippen LogP contribution in [0.15, 0.2) is 70.0 Å². The monoisotopic (exact) mass is 300 g/mol. The highest BCUT2D eigenvalue weighted by Crippen LogP contribution is 2.36. The van der Waals surface area contributed by atoms with Gasteiger partial charge in [-0.25, -0.2) is 0 Å². The first-order chi connectivity index (χ1) is 10.3. The van der Waals surface area contributed by atoms with Crippen molar-refractivity contribution in [2.45, 2.75) is 13.3 Å². The first-order valence-electron chi connectivity index (χ1n) is 6.55. The number of carbonyl (C=O) groups is 2. The molecule has 6 heteroatoms. The summed E-state index contributed by atoms with van der Waals surface area (Å²) >= 11 is 0. The van der Waals surface area contributed by atoms with Crippen molar-refractivity contribution in [1.82, 2.24) is 0 Å². The molecule has 0 aromatic rings. The van der Waals surface area contributed by atoms with Crippen LogP contribution < -0.4 is 11.5 Å². The minimum atomic E-state index is -0.697. The number of rotatable bonds is 2. The maximum Gasteiger partial charge on any atom is 0.200 e. The van der Waals surface area contributed by atoms with E-state index in [2.05, 4.69) is 6.58 Å². The SMILES string of the molecule is C=C(O)C1=C(/C(N)=C\C)C(=O)C2=C(C1=O)C(N)=CCC=C2O. The molecule has 0 saturated heterocycles. The summed E-state index contributed by atoms with van der Waals surface area (Å²) in [6, 6.07) is 0. The van der Waals surface area contributed by atoms with Gasteiger partial charge in [0.25, 0.3) is 0 Å². The number of hydrogen-bond donors (Lipinski definition) is 4. The van der Waals surface area contributed by atoms with Crippen LogP contribution in [-0.4, -0.2) is 21.8 Å². The standard InChI is InChI=1S/C16H16N2O4/c1-3-8(17)12-11(7(2)19)15(21)13-9(18)5-4-6-10(20)14(13)16(12)22/h3,5-6,19-20H,2,4,17-18H2,1H3/b8-3+. The van der Waals surface area contributed by atoms with Gasteiger partial charge in [0.05, 0.1) is 22.3 Å². The van der Waals surface area contributed by atoms with Crippen LogP contribution in [0.25, 0.3) is 0 Å². The highest BCUT2D eigenvalue weighted by Gasteiger charge is 2.39. The van der Waals surface area contributed by atoms with E-state index in [0.717, 1.165) is 0 Å². The number of ketones is 2. The Bertz CT molecular complexity index is 757. The second-order valence-corrected chi connectivity index (χ2v) is 4.83. The van der Waals surface area contributed by atoms with Crippen molar-refractivity contribution in [1.29, 1.82) is 0 Å². The van der Waals surface area contributed by atoms with Crippen molar-refractivity contribution < 1.29 is 19.8 Å². The minimum absolute atomic E-state index is 0.00898. The first kappa shape index (κ1) is 15.4. The predicted molar refractivity (Wildman–Crippen MR) is 81.4 cm³/mol. The molecule has 0 aliphatic heterocycles. The molecule has 22 heavy (non-hydrogen) atoms. The smallest absolute Gasteiger partial charge is 0.200 e. The van der Waals surface area contributed by atoms with Crippen LogP contribution in [0.4, 0.5) is 0 Å². The van der Waals surface area contributed by atoms with Gasteiger partial charge in [-0.15, -0.1) is 0 Å². The van der Waals surface area contributed by atoms with Gasteiger partial charge in [-0.1, -0.05) is 18.7 Å². The van der Waals surface area contributed by atoms with Gasteiger partial charge in [0.1, 0.15) is 11.5 Å². The largest absolute Gasteiger partial charge is 0.508 e. The van der Waals surface area contributed by atoms with Crippen molar-refractivity contribution in [3.63, 3.8) is 0 Å². The van der Waals surface area contributed by atoms with Crippen molar-refractivity contribution in [2.75, 3.05) is 0 Å². The number of Topliss-reactive ketones (excluding diaryl/α,β-unsaturated/α-hetero) is 2. The number of allylic oxidation sites excluding steroid dienone is 7. The molecule has 0 spiro atoms. The van der Waals surface area contributed by atoms with Crippen LogP contribution in [0.2, 0.25) is 0 Å². The summed E-state index contributed by atoms with van der Waals surface area (Å²) in [6.45, 7) is 4.90. The Kier molecular flexibility index (Phi) is 3.77. The van der Waals surface area contributed by atoms with E-state index in [-0.39, 0.29) is 45.9 Å². The molecule has 0 aromatic heterocycles. The fraction of sp³-hybridized carbons (Fsp3) is 0.125. The van der Waals surface area contributed by atoms with Crippen LogP contribution in [-0.2, 0) is 9.59 Å². The first-order valence-corrected chi connectivity index (χ1v) is 6.55. The van der Waals surface area contributed by atoms with E-state index in [4.69, 9.17) is 11.5 Å². The third-order valence-corrected chi connectivity index (χ3v) is 3.49. The van der Waals surface area contributed by atoms with Gasteiger partial charge in [-0.05, 0) is 19.4 Å². The Morgan fingerprint density at radius 3 is 2.36 bits per heavy atom. The maximum atomic E-state index is 12.7. The molecule has 0 saturated carbocycles. The summed E-state index contributed by atoms with van der Waals surface area (Å²) in [4.78, 5) is 25.4. The van der Waals surface area contributed by atoms with E-state index in [1.165, 1.54) is 18.2 Å². The zero-order chi connectivity index (χ0) is 16.6. The quantitative estimate of drug-likeness (QED) is 0.450. The Balaban J connectivity index is 2.84. The lowest BCUT2D eigenvalue weighted by Crippen LogP contribution is -2.30. The molecular weight excluding hydrogens is 284 g/mol. The molecule has 0 radical (unpaired) electrons. The molecule has 114 valence electrons. The van der Waals surface area contributed by atoms with Crippen LogP contribution in [0.3, 0.4) is 0 Å². The number of aliphatic hydroxyl groups is 2. The summed E-state index contributed by atoms with van der Waals surface area (Å²) < 4.78 is 0. The molecule has 0 atom stereocenters. The molecule has 6 nitrogen and oxygen atoms in total. The summed E-state index contributed by atoms with van der Waals surface area (Å²) in [5.41, 5.74) is 10.8. The molecule has 0 aromatic carbocycles. The van der Waals surface area contributed by atoms with E-state index in [9.17, 15) is 19.8 Å². The summed E-state index contributed by atoms with van der Waals surface area (Å²) in [6.07, 6.45) is 4.58. The van der Waals surface area contributed by atoms with Crippen LogP contribution >= 0.6 is 0 Å². The molecule has 0 amide bonds. The third-order valence-electron chi connectivity index (χ3n) is 3.49. The lowest BCUT2D eigenvalue weighted by atomic mass is 9.80. The van der Waals surface area contributed by atoms with Crippen LogP contribution in [0.5, 0.6) is 0 Å². The summed E-state index contributed by atoms with van der Waals surface area (Å²) in [7, 11) is 0. The van der Waals surface area contributed by atoms with Gasteiger partial charge in [-0.3, -0.25) is 9.59 Å². The maximum absolute atomic E-state index is 12.7. The van der Waals surface area contributed by atoms with E-state index >= 15 is 0 Å². The second-order valence-electron chi connectivity index (χ2n) is 4.83. The molecule has 0 bridgehead atoms. The molecule has 6 N–H and O–H groups in total. The predicted octanol–water partition coefficient (Wildman–Crippen LogP) is 1.35. The van der Waals surface area contributed by atoms with E-state index < -0.39 is 17.3 Å². The number of nitrogens with two attached hydrogens (primary N) is 2. The van der Waals surface area contributed by atoms with Crippen molar-refractivity contribution in [3.05, 3.63) is 70.0 Å². The van der Waals surface area contributed by atoms with Crippen molar-refractivity contribution >= 4 is 11.6 Å². The van der Waals surface area contributed by atoms with Gasteiger partial charge in [0.2, 0.25) is 11.6 Å². The minimum Gasteiger partial charge on any atom is -0.508 e.